The molecule has 0 saturated carbocycles. The Labute approximate surface area is 91.5 Å². The zero-order valence-corrected chi connectivity index (χ0v) is 8.36. The van der Waals surface area contributed by atoms with E-state index >= 15 is 0 Å². The van der Waals surface area contributed by atoms with E-state index in [0.29, 0.717) is 0 Å². The van der Waals surface area contributed by atoms with Gasteiger partial charge in [-0.1, -0.05) is 0 Å². The van der Waals surface area contributed by atoms with Gasteiger partial charge in [0.25, 0.3) is 5.56 Å². The van der Waals surface area contributed by atoms with Crippen LogP contribution in [-0.2, 0) is 4.79 Å². The van der Waals surface area contributed by atoms with Crippen molar-refractivity contribution in [1.29, 1.82) is 0 Å². The summed E-state index contributed by atoms with van der Waals surface area (Å²) in [7, 11) is 0. The number of aromatic nitrogens is 4. The second-order valence-electron chi connectivity index (χ2n) is 2.84. The lowest BCUT2D eigenvalue weighted by atomic mass is 10.5. The van der Waals surface area contributed by atoms with E-state index in [2.05, 4.69) is 20.7 Å². The summed E-state index contributed by atoms with van der Waals surface area (Å²) in [5.74, 6) is -0.968. The lowest BCUT2D eigenvalue weighted by Crippen LogP contribution is -2.21. The third kappa shape index (κ3) is 3.17. The van der Waals surface area contributed by atoms with Crippen LogP contribution in [-0.4, -0.2) is 37.6 Å². The van der Waals surface area contributed by atoms with Crippen LogP contribution in [0.2, 0.25) is 0 Å². The van der Waals surface area contributed by atoms with Crippen LogP contribution in [0.5, 0.6) is 0 Å². The summed E-state index contributed by atoms with van der Waals surface area (Å²) in [5, 5.41) is 7.60. The van der Waals surface area contributed by atoms with E-state index in [1.165, 1.54) is 0 Å². The molecule has 17 heavy (non-hydrogen) atoms. The summed E-state index contributed by atoms with van der Waals surface area (Å²) >= 11 is 0. The van der Waals surface area contributed by atoms with E-state index in [1.807, 2.05) is 4.98 Å². The van der Waals surface area contributed by atoms with Crippen molar-refractivity contribution >= 4 is 17.1 Å². The van der Waals surface area contributed by atoms with Gasteiger partial charge < -0.3 is 10.8 Å². The highest BCUT2D eigenvalue weighted by Gasteiger charge is 2.02. The molecule has 7 N–H and O–H groups in total. The molecule has 10 heteroatoms. The molecule has 0 atom stereocenters. The molecule has 2 aromatic rings. The fourth-order valence-electron chi connectivity index (χ4n) is 0.958. The molecule has 0 fully saturated rings. The average Bonchev–Trinajstić information content (AvgIpc) is 2.59. The zero-order valence-electron chi connectivity index (χ0n) is 8.36. The topological polar surface area (TPSA) is 178 Å². The lowest BCUT2D eigenvalue weighted by Gasteiger charge is -1.83. The second kappa shape index (κ2) is 4.94. The van der Waals surface area contributed by atoms with Crippen LogP contribution in [0.3, 0.4) is 0 Å². The molecule has 2 heterocycles. The molecular weight excluding hydrogens is 234 g/mol. The molecule has 0 aliphatic heterocycles. The van der Waals surface area contributed by atoms with Crippen LogP contribution in [0.4, 0.5) is 0 Å². The molecule has 10 nitrogen and oxygen atoms in total. The minimum absolute atomic E-state index is 0.0413. The van der Waals surface area contributed by atoms with Gasteiger partial charge in [-0.05, 0) is 0 Å². The predicted molar refractivity (Wildman–Crippen MR) is 56.9 cm³/mol. The Morgan fingerprint density at radius 3 is 2.00 bits per heavy atom. The molecule has 0 aliphatic rings. The maximum Gasteiger partial charge on any atom is 0.327 e. The first kappa shape index (κ1) is 12.4. The van der Waals surface area contributed by atoms with E-state index in [-0.39, 0.29) is 17.7 Å². The summed E-state index contributed by atoms with van der Waals surface area (Å²) in [6, 6.07) is 0. The SMILES string of the molecule is NCC(=O)O.O=c1[nH]c(=O)c2[nH]c(=O)[nH]c2[nH]1. The molecule has 0 aliphatic carbocycles. The Morgan fingerprint density at radius 2 is 1.53 bits per heavy atom. The predicted octanol–water partition coefficient (Wildman–Crippen LogP) is -2.74. The first-order valence-corrected chi connectivity index (χ1v) is 4.30. The summed E-state index contributed by atoms with van der Waals surface area (Å²) in [5.41, 5.74) is 2.92. The molecule has 0 saturated heterocycles. The normalized spacial score (nSPS) is 9.71. The number of imidazole rings is 1. The largest absolute Gasteiger partial charge is 0.480 e. The van der Waals surface area contributed by atoms with Crippen molar-refractivity contribution in [2.75, 3.05) is 6.54 Å². The van der Waals surface area contributed by atoms with Crippen molar-refractivity contribution in [3.05, 3.63) is 31.3 Å². The highest BCUT2D eigenvalue weighted by Crippen LogP contribution is 1.88. The molecule has 0 bridgehead atoms. The number of nitrogens with one attached hydrogen (secondary N) is 4. The summed E-state index contributed by atoms with van der Waals surface area (Å²) in [6.07, 6.45) is 0. The Morgan fingerprint density at radius 1 is 1.06 bits per heavy atom. The van der Waals surface area contributed by atoms with E-state index in [4.69, 9.17) is 5.11 Å². The van der Waals surface area contributed by atoms with Gasteiger partial charge >= 0.3 is 17.3 Å². The Hall–Kier alpha value is -2.62. The molecule has 92 valence electrons. The van der Waals surface area contributed by atoms with Gasteiger partial charge in [-0.3, -0.25) is 29.5 Å². The van der Waals surface area contributed by atoms with Gasteiger partial charge in [0.1, 0.15) is 11.2 Å². The Balaban J connectivity index is 0.000000249. The number of hydrogen-bond acceptors (Lipinski definition) is 5. The van der Waals surface area contributed by atoms with E-state index in [0.717, 1.165) is 0 Å². The van der Waals surface area contributed by atoms with Crippen LogP contribution in [0.15, 0.2) is 14.4 Å². The minimum Gasteiger partial charge on any atom is -0.480 e. The smallest absolute Gasteiger partial charge is 0.327 e. The number of carboxylic acid groups (broad SMARTS) is 1. The summed E-state index contributed by atoms with van der Waals surface area (Å²) in [4.78, 5) is 50.2. The number of fused-ring (bicyclic) bond motifs is 1. The van der Waals surface area contributed by atoms with E-state index in [1.54, 1.807) is 0 Å². The highest BCUT2D eigenvalue weighted by molar-refractivity contribution is 5.68. The van der Waals surface area contributed by atoms with Crippen LogP contribution in [0, 0.1) is 0 Å². The van der Waals surface area contributed by atoms with Gasteiger partial charge in [-0.2, -0.15) is 0 Å². The van der Waals surface area contributed by atoms with Crippen molar-refractivity contribution in [2.24, 2.45) is 5.73 Å². The third-order valence-electron chi connectivity index (χ3n) is 1.59. The third-order valence-corrected chi connectivity index (χ3v) is 1.59. The first-order chi connectivity index (χ1) is 7.93. The fraction of sp³-hybridized carbons (Fsp3) is 0.143. The lowest BCUT2D eigenvalue weighted by molar-refractivity contribution is -0.135. The molecule has 0 spiro atoms. The van der Waals surface area contributed by atoms with Gasteiger partial charge in [-0.25, -0.2) is 9.59 Å². The summed E-state index contributed by atoms with van der Waals surface area (Å²) < 4.78 is 0. The van der Waals surface area contributed by atoms with Gasteiger partial charge in [0, 0.05) is 0 Å². The maximum atomic E-state index is 10.9. The minimum atomic E-state index is -0.968. The number of hydrogen-bond donors (Lipinski definition) is 6. The van der Waals surface area contributed by atoms with Crippen molar-refractivity contribution in [1.82, 2.24) is 19.9 Å². The van der Waals surface area contributed by atoms with Gasteiger partial charge in [0.2, 0.25) is 0 Å². The highest BCUT2D eigenvalue weighted by atomic mass is 16.4. The van der Waals surface area contributed by atoms with E-state index < -0.39 is 22.9 Å². The van der Waals surface area contributed by atoms with Gasteiger partial charge in [0.15, 0.2) is 0 Å². The quantitative estimate of drug-likeness (QED) is 0.316. The number of carbonyl (C=O) groups is 1. The number of H-pyrrole nitrogens is 4. The number of aliphatic carboxylic acids is 1. The van der Waals surface area contributed by atoms with Crippen molar-refractivity contribution < 1.29 is 9.90 Å². The van der Waals surface area contributed by atoms with Crippen molar-refractivity contribution in [3.63, 3.8) is 0 Å². The maximum absolute atomic E-state index is 10.9. The number of aromatic amines is 4. The number of nitrogens with two attached hydrogens (primary N) is 1. The number of rotatable bonds is 1. The molecule has 2 aromatic heterocycles. The molecular formula is C7H9N5O5. The zero-order chi connectivity index (χ0) is 13.0. The monoisotopic (exact) mass is 243 g/mol. The van der Waals surface area contributed by atoms with Crippen LogP contribution >= 0.6 is 0 Å². The van der Waals surface area contributed by atoms with Crippen LogP contribution in [0.1, 0.15) is 0 Å². The van der Waals surface area contributed by atoms with Gasteiger partial charge in [0.05, 0.1) is 6.54 Å². The van der Waals surface area contributed by atoms with Gasteiger partial charge in [-0.15, -0.1) is 0 Å². The second-order valence-corrected chi connectivity index (χ2v) is 2.84. The van der Waals surface area contributed by atoms with E-state index in [9.17, 15) is 19.2 Å². The number of carboxylic acids is 1. The Bertz CT molecular complexity index is 689. The van der Waals surface area contributed by atoms with Crippen molar-refractivity contribution in [3.8, 4) is 0 Å². The molecule has 0 aromatic carbocycles. The molecule has 2 rings (SSSR count). The van der Waals surface area contributed by atoms with Crippen molar-refractivity contribution in [2.45, 2.75) is 0 Å². The fourth-order valence-corrected chi connectivity index (χ4v) is 0.958. The molecule has 0 unspecified atom stereocenters. The molecule has 0 radical (unpaired) electrons. The first-order valence-electron chi connectivity index (χ1n) is 4.30. The summed E-state index contributed by atoms with van der Waals surface area (Å²) in [6.45, 7) is -0.278. The standard InChI is InChI=1S/C5H4N4O3.C2H5NO2/c10-3-1-2(7-4(11)6-1)8-5(12)9-3;3-1-2(4)5/h(H4,6,7,8,9,10,11,12);1,3H2,(H,4,5). The van der Waals surface area contributed by atoms with Crippen LogP contribution in [0.25, 0.3) is 11.2 Å². The van der Waals surface area contributed by atoms with Crippen LogP contribution < -0.4 is 22.7 Å². The Kier molecular flexibility index (Phi) is 3.62. The molecule has 0 amide bonds. The average molecular weight is 243 g/mol.